The van der Waals surface area contributed by atoms with Gasteiger partial charge in [-0.05, 0) is 25.0 Å². The number of nitrogens with zero attached hydrogens (tertiary/aromatic N) is 2. The molecule has 1 aromatic heterocycles. The van der Waals surface area contributed by atoms with E-state index in [0.717, 1.165) is 16.8 Å². The van der Waals surface area contributed by atoms with Crippen molar-refractivity contribution in [2.24, 2.45) is 10.9 Å². The Morgan fingerprint density at radius 3 is 2.73 bits per heavy atom. The number of anilines is 2. The van der Waals surface area contributed by atoms with Crippen molar-refractivity contribution in [3.63, 3.8) is 0 Å². The normalized spacial score (nSPS) is 11.3. The number of aromatic nitrogens is 2. The fourth-order valence-electron chi connectivity index (χ4n) is 1.79. The molecule has 6 N–H and O–H groups in total. The van der Waals surface area contributed by atoms with Crippen LogP contribution in [0.15, 0.2) is 28.0 Å². The van der Waals surface area contributed by atoms with Gasteiger partial charge in [0, 0.05) is 5.69 Å². The number of nitrogens with two attached hydrogens (primary N) is 2. The number of carbonyl (C=O) groups excluding carboxylic acids is 1. The highest BCUT2D eigenvalue weighted by atomic mass is 16.6. The smallest absolute Gasteiger partial charge is 0.303 e. The standard InChI is InChI=1S/C13H16N6O3/c1-7-4-3-5-8(2)10(7)16-9(20)6-21-18-12(14)11-13(15)19-22-17-11/h3-5H,6H2,1-2H3,(H2,14,18)(H2,15,19)(H,16,20)/p+1. The minimum Gasteiger partial charge on any atom is -0.384 e. The van der Waals surface area contributed by atoms with Crippen LogP contribution >= 0.6 is 0 Å². The zero-order chi connectivity index (χ0) is 16.1. The topological polar surface area (TPSA) is 143 Å². The number of aryl methyl sites for hydroxylation is 2. The molecule has 0 saturated heterocycles. The number of nitrogens with one attached hydrogen (secondary N) is 2. The molecule has 0 aliphatic carbocycles. The summed E-state index contributed by atoms with van der Waals surface area (Å²) in [5, 5.41) is 12.1. The summed E-state index contributed by atoms with van der Waals surface area (Å²) in [4.78, 5) is 16.7. The van der Waals surface area contributed by atoms with E-state index in [-0.39, 0.29) is 29.9 Å². The number of nitrogen functional groups attached to an aromatic ring is 1. The molecule has 0 spiro atoms. The van der Waals surface area contributed by atoms with Crippen molar-refractivity contribution < 1.29 is 19.4 Å². The second kappa shape index (κ2) is 6.57. The van der Waals surface area contributed by atoms with Crippen molar-refractivity contribution in [3.8, 4) is 0 Å². The van der Waals surface area contributed by atoms with E-state index in [1.165, 1.54) is 0 Å². The van der Waals surface area contributed by atoms with Gasteiger partial charge in [-0.25, -0.2) is 0 Å². The number of H-pyrrole nitrogens is 1. The van der Waals surface area contributed by atoms with Gasteiger partial charge in [-0.2, -0.15) is 0 Å². The first-order valence-corrected chi connectivity index (χ1v) is 6.43. The molecule has 0 saturated carbocycles. The average Bonchev–Trinajstić information content (AvgIpc) is 2.89. The lowest BCUT2D eigenvalue weighted by atomic mass is 10.1. The molecule has 9 heteroatoms. The zero-order valence-electron chi connectivity index (χ0n) is 12.2. The second-order valence-electron chi connectivity index (χ2n) is 4.61. The molecule has 0 bridgehead atoms. The number of amidine groups is 1. The Hall–Kier alpha value is -3.10. The molecule has 1 aromatic carbocycles. The summed E-state index contributed by atoms with van der Waals surface area (Å²) in [6, 6.07) is 5.73. The van der Waals surface area contributed by atoms with Crippen LogP contribution in [-0.2, 0) is 9.63 Å². The molecular weight excluding hydrogens is 288 g/mol. The Morgan fingerprint density at radius 2 is 2.14 bits per heavy atom. The maximum Gasteiger partial charge on any atom is 0.303 e. The Balaban J connectivity index is 1.92. The summed E-state index contributed by atoms with van der Waals surface area (Å²) in [5.74, 6) is -0.333. The molecule has 1 heterocycles. The van der Waals surface area contributed by atoms with E-state index in [2.05, 4.69) is 25.4 Å². The van der Waals surface area contributed by atoms with Gasteiger partial charge in [-0.1, -0.05) is 28.5 Å². The second-order valence-corrected chi connectivity index (χ2v) is 4.61. The van der Waals surface area contributed by atoms with Crippen LogP contribution in [0.2, 0.25) is 0 Å². The van der Waals surface area contributed by atoms with E-state index in [4.69, 9.17) is 16.3 Å². The van der Waals surface area contributed by atoms with Crippen molar-refractivity contribution in [3.05, 3.63) is 35.0 Å². The van der Waals surface area contributed by atoms with E-state index in [1.54, 1.807) is 0 Å². The summed E-state index contributed by atoms with van der Waals surface area (Å²) in [5.41, 5.74) is 13.9. The van der Waals surface area contributed by atoms with Gasteiger partial charge in [0.25, 0.3) is 5.91 Å². The molecule has 0 radical (unpaired) electrons. The Labute approximate surface area is 126 Å². The van der Waals surface area contributed by atoms with Crippen molar-refractivity contribution in [1.82, 2.24) is 5.16 Å². The fourth-order valence-corrected chi connectivity index (χ4v) is 1.79. The van der Waals surface area contributed by atoms with Crippen LogP contribution in [0, 0.1) is 13.8 Å². The number of hydrogen-bond donors (Lipinski definition) is 3. The van der Waals surface area contributed by atoms with Crippen LogP contribution in [-0.4, -0.2) is 23.5 Å². The quantitative estimate of drug-likeness (QED) is 0.402. The molecule has 9 nitrogen and oxygen atoms in total. The summed E-state index contributed by atoms with van der Waals surface area (Å²) >= 11 is 0. The van der Waals surface area contributed by atoms with Crippen LogP contribution in [0.3, 0.4) is 0 Å². The molecule has 0 aliphatic rings. The van der Waals surface area contributed by atoms with Gasteiger partial charge in [-0.3, -0.25) is 4.79 Å². The van der Waals surface area contributed by atoms with Gasteiger partial charge in [-0.15, -0.1) is 4.63 Å². The maximum absolute atomic E-state index is 11.8. The minimum absolute atomic E-state index is 0.0950. The molecule has 0 fully saturated rings. The monoisotopic (exact) mass is 305 g/mol. The molecule has 0 aliphatic heterocycles. The fraction of sp³-hybridized carbons (Fsp3) is 0.231. The van der Waals surface area contributed by atoms with Crippen LogP contribution in [0.4, 0.5) is 11.5 Å². The third kappa shape index (κ3) is 3.51. The van der Waals surface area contributed by atoms with Gasteiger partial charge in [0.2, 0.25) is 5.84 Å². The minimum atomic E-state index is -0.353. The number of amides is 1. The highest BCUT2D eigenvalue weighted by Crippen LogP contribution is 2.19. The predicted molar refractivity (Wildman–Crippen MR) is 78.7 cm³/mol. The number of benzene rings is 1. The molecule has 2 aromatic rings. The first-order valence-electron chi connectivity index (χ1n) is 6.43. The van der Waals surface area contributed by atoms with E-state index in [0.29, 0.717) is 0 Å². The molecule has 0 atom stereocenters. The van der Waals surface area contributed by atoms with Crippen molar-refractivity contribution in [2.75, 3.05) is 17.7 Å². The summed E-state index contributed by atoms with van der Waals surface area (Å²) in [7, 11) is 0. The van der Waals surface area contributed by atoms with Gasteiger partial charge in [0.05, 0.1) is 5.16 Å². The van der Waals surface area contributed by atoms with Crippen molar-refractivity contribution in [1.29, 1.82) is 0 Å². The van der Waals surface area contributed by atoms with Crippen LogP contribution in [0.5, 0.6) is 0 Å². The van der Waals surface area contributed by atoms with Crippen LogP contribution < -0.4 is 21.9 Å². The van der Waals surface area contributed by atoms with Gasteiger partial charge in [0.1, 0.15) is 0 Å². The third-order valence-electron chi connectivity index (χ3n) is 2.89. The number of hydrogen-bond acceptors (Lipinski definition) is 6. The van der Waals surface area contributed by atoms with Crippen molar-refractivity contribution in [2.45, 2.75) is 13.8 Å². The molecule has 1 amide bonds. The van der Waals surface area contributed by atoms with E-state index >= 15 is 0 Å². The first kappa shape index (κ1) is 15.3. The third-order valence-corrected chi connectivity index (χ3v) is 2.89. The maximum atomic E-state index is 11.8. The van der Waals surface area contributed by atoms with Gasteiger partial charge >= 0.3 is 11.5 Å². The number of carbonyl (C=O) groups is 1. The molecule has 22 heavy (non-hydrogen) atoms. The summed E-state index contributed by atoms with van der Waals surface area (Å²) in [6.07, 6.45) is 0. The lowest BCUT2D eigenvalue weighted by molar-refractivity contribution is -0.610. The number of aromatic amines is 1. The van der Waals surface area contributed by atoms with Gasteiger partial charge < -0.3 is 21.6 Å². The zero-order valence-corrected chi connectivity index (χ0v) is 12.2. The van der Waals surface area contributed by atoms with Crippen molar-refractivity contribution >= 4 is 23.2 Å². The number of rotatable bonds is 5. The van der Waals surface area contributed by atoms with Crippen LogP contribution in [0.1, 0.15) is 16.8 Å². The van der Waals surface area contributed by atoms with E-state index in [9.17, 15) is 4.79 Å². The summed E-state index contributed by atoms with van der Waals surface area (Å²) < 4.78 is 4.50. The average molecular weight is 305 g/mol. The predicted octanol–water partition coefficient (Wildman–Crippen LogP) is -0.0367. The largest absolute Gasteiger partial charge is 0.384 e. The highest BCUT2D eigenvalue weighted by Gasteiger charge is 2.18. The number of para-hydroxylation sites is 1. The molecular formula is C13H17N6O3+. The SMILES string of the molecule is Cc1cccc(C)c1NC(=O)CON=C(N)c1no[nH+]c1N. The van der Waals surface area contributed by atoms with E-state index in [1.807, 2.05) is 32.0 Å². The molecule has 2 rings (SSSR count). The molecule has 116 valence electrons. The Bertz CT molecular complexity index is 689. The lowest BCUT2D eigenvalue weighted by Crippen LogP contribution is -2.21. The lowest BCUT2D eigenvalue weighted by Gasteiger charge is -2.10. The Morgan fingerprint density at radius 1 is 1.45 bits per heavy atom. The Kier molecular flexibility index (Phi) is 4.57. The highest BCUT2D eigenvalue weighted by molar-refractivity contribution is 5.98. The molecule has 0 unspecified atom stereocenters. The van der Waals surface area contributed by atoms with Crippen LogP contribution in [0.25, 0.3) is 0 Å². The first-order chi connectivity index (χ1) is 10.5. The number of oxime groups is 1. The summed E-state index contributed by atoms with van der Waals surface area (Å²) in [6.45, 7) is 3.52. The van der Waals surface area contributed by atoms with Gasteiger partial charge in [0.15, 0.2) is 6.61 Å². The van der Waals surface area contributed by atoms with E-state index < -0.39 is 0 Å².